The second-order valence-electron chi connectivity index (χ2n) is 6.37. The average Bonchev–Trinajstić information content (AvgIpc) is 2.92. The van der Waals surface area contributed by atoms with E-state index in [-0.39, 0.29) is 23.7 Å². The molecule has 0 saturated carbocycles. The standard InChI is InChI=1S/C17H23FN4O3/c1-4-10(2)14-7-12(18)15-8-19-17(21-22(14)15)20-13-5-6-24-9-16(13)25-11(3)23/h7-8,10,13,16H,4-6,9H2,1-3H3,(H,20,21)/t10?,13-,16-/m1/s1. The van der Waals surface area contributed by atoms with Gasteiger partial charge in [0, 0.05) is 19.2 Å². The normalized spacial score (nSPS) is 21.9. The van der Waals surface area contributed by atoms with E-state index in [9.17, 15) is 9.18 Å². The van der Waals surface area contributed by atoms with E-state index in [2.05, 4.69) is 15.4 Å². The van der Waals surface area contributed by atoms with Gasteiger partial charge in [0.1, 0.15) is 11.6 Å². The molecule has 1 saturated heterocycles. The Morgan fingerprint density at radius 2 is 2.40 bits per heavy atom. The number of carbonyl (C=O) groups excluding carboxylic acids is 1. The third-order valence-corrected chi connectivity index (χ3v) is 4.55. The van der Waals surface area contributed by atoms with Gasteiger partial charge >= 0.3 is 5.97 Å². The molecule has 0 aliphatic carbocycles. The van der Waals surface area contributed by atoms with Gasteiger partial charge in [-0.05, 0) is 24.8 Å². The Morgan fingerprint density at radius 1 is 1.60 bits per heavy atom. The summed E-state index contributed by atoms with van der Waals surface area (Å²) < 4.78 is 26.4. The fourth-order valence-electron chi connectivity index (χ4n) is 2.97. The molecule has 1 fully saturated rings. The molecule has 1 N–H and O–H groups in total. The van der Waals surface area contributed by atoms with Gasteiger partial charge in [0.2, 0.25) is 5.95 Å². The number of hydrogen-bond donors (Lipinski definition) is 1. The van der Waals surface area contributed by atoms with Crippen LogP contribution in [-0.2, 0) is 14.3 Å². The monoisotopic (exact) mass is 350 g/mol. The lowest BCUT2D eigenvalue weighted by Crippen LogP contribution is -2.44. The van der Waals surface area contributed by atoms with Crippen molar-refractivity contribution in [3.8, 4) is 0 Å². The van der Waals surface area contributed by atoms with Crippen molar-refractivity contribution in [2.45, 2.75) is 51.7 Å². The Bertz CT molecular complexity index is 764. The molecule has 1 aliphatic heterocycles. The van der Waals surface area contributed by atoms with Gasteiger partial charge in [-0.25, -0.2) is 13.9 Å². The van der Waals surface area contributed by atoms with Gasteiger partial charge in [-0.3, -0.25) is 4.79 Å². The van der Waals surface area contributed by atoms with E-state index in [1.165, 1.54) is 19.2 Å². The van der Waals surface area contributed by atoms with E-state index in [0.717, 1.165) is 12.1 Å². The Kier molecular flexibility index (Phi) is 5.17. The summed E-state index contributed by atoms with van der Waals surface area (Å²) in [5.74, 6) is -0.135. The lowest BCUT2D eigenvalue weighted by atomic mass is 10.1. The van der Waals surface area contributed by atoms with Gasteiger partial charge in [-0.2, -0.15) is 0 Å². The van der Waals surface area contributed by atoms with Gasteiger partial charge in [-0.1, -0.05) is 13.8 Å². The van der Waals surface area contributed by atoms with E-state index in [1.807, 2.05) is 13.8 Å². The highest BCUT2D eigenvalue weighted by Gasteiger charge is 2.29. The van der Waals surface area contributed by atoms with E-state index in [4.69, 9.17) is 9.47 Å². The largest absolute Gasteiger partial charge is 0.458 e. The Balaban J connectivity index is 1.86. The number of carbonyl (C=O) groups is 1. The molecule has 7 nitrogen and oxygen atoms in total. The molecule has 0 radical (unpaired) electrons. The van der Waals surface area contributed by atoms with E-state index in [1.54, 1.807) is 4.52 Å². The second-order valence-corrected chi connectivity index (χ2v) is 6.37. The smallest absolute Gasteiger partial charge is 0.303 e. The fraction of sp³-hybridized carbons (Fsp3) is 0.588. The summed E-state index contributed by atoms with van der Waals surface area (Å²) in [5.41, 5.74) is 1.16. The molecule has 3 atom stereocenters. The number of nitrogens with one attached hydrogen (secondary N) is 1. The van der Waals surface area contributed by atoms with Crippen LogP contribution in [0.3, 0.4) is 0 Å². The molecule has 8 heteroatoms. The number of ether oxygens (including phenoxy) is 2. The first-order chi connectivity index (χ1) is 12.0. The van der Waals surface area contributed by atoms with Crippen molar-refractivity contribution in [3.63, 3.8) is 0 Å². The van der Waals surface area contributed by atoms with Crippen molar-refractivity contribution < 1.29 is 18.7 Å². The van der Waals surface area contributed by atoms with Crippen LogP contribution in [0.25, 0.3) is 5.52 Å². The molecule has 136 valence electrons. The van der Waals surface area contributed by atoms with Crippen molar-refractivity contribution in [3.05, 3.63) is 23.8 Å². The SMILES string of the molecule is CCC(C)c1cc(F)c2cnc(N[C@@H]3CCOC[C@H]3OC(C)=O)nn12. The fourth-order valence-corrected chi connectivity index (χ4v) is 2.97. The summed E-state index contributed by atoms with van der Waals surface area (Å²) in [6.45, 7) is 6.35. The molecule has 2 aromatic heterocycles. The van der Waals surface area contributed by atoms with Crippen LogP contribution in [0.15, 0.2) is 12.3 Å². The quantitative estimate of drug-likeness (QED) is 0.835. The Labute approximate surface area is 145 Å². The van der Waals surface area contributed by atoms with Crippen LogP contribution in [0.4, 0.5) is 10.3 Å². The van der Waals surface area contributed by atoms with E-state index in [0.29, 0.717) is 31.1 Å². The van der Waals surface area contributed by atoms with Crippen LogP contribution >= 0.6 is 0 Å². The third kappa shape index (κ3) is 3.73. The predicted octanol–water partition coefficient (Wildman–Crippen LogP) is 2.51. The van der Waals surface area contributed by atoms with Crippen LogP contribution in [0.5, 0.6) is 0 Å². The number of esters is 1. The molecule has 1 aliphatic rings. The number of fused-ring (bicyclic) bond motifs is 1. The molecule has 0 amide bonds. The molecule has 3 rings (SSSR count). The molecular weight excluding hydrogens is 327 g/mol. The average molecular weight is 350 g/mol. The zero-order valence-electron chi connectivity index (χ0n) is 14.7. The third-order valence-electron chi connectivity index (χ3n) is 4.55. The van der Waals surface area contributed by atoms with Gasteiger partial charge in [0.15, 0.2) is 5.82 Å². The number of nitrogens with zero attached hydrogens (tertiary/aromatic N) is 3. The minimum Gasteiger partial charge on any atom is -0.458 e. The van der Waals surface area contributed by atoms with Crippen LogP contribution in [0.1, 0.15) is 45.2 Å². The van der Waals surface area contributed by atoms with Crippen molar-refractivity contribution in [2.75, 3.05) is 18.5 Å². The number of aromatic nitrogens is 3. The minimum absolute atomic E-state index is 0.150. The molecular formula is C17H23FN4O3. The van der Waals surface area contributed by atoms with Crippen LogP contribution in [-0.4, -0.2) is 45.9 Å². The van der Waals surface area contributed by atoms with Crippen LogP contribution in [0, 0.1) is 5.82 Å². The molecule has 3 heterocycles. The summed E-state index contributed by atoms with van der Waals surface area (Å²) >= 11 is 0. The van der Waals surface area contributed by atoms with Gasteiger partial charge in [-0.15, -0.1) is 5.10 Å². The minimum atomic E-state index is -0.402. The van der Waals surface area contributed by atoms with E-state index < -0.39 is 6.10 Å². The van der Waals surface area contributed by atoms with Gasteiger partial charge in [0.05, 0.1) is 18.8 Å². The van der Waals surface area contributed by atoms with E-state index >= 15 is 0 Å². The van der Waals surface area contributed by atoms with Crippen molar-refractivity contribution >= 4 is 17.4 Å². The number of anilines is 1. The zero-order chi connectivity index (χ0) is 18.0. The highest BCUT2D eigenvalue weighted by Crippen LogP contribution is 2.24. The maximum absolute atomic E-state index is 14.1. The van der Waals surface area contributed by atoms with Crippen LogP contribution in [0.2, 0.25) is 0 Å². The van der Waals surface area contributed by atoms with Crippen LogP contribution < -0.4 is 5.32 Å². The first-order valence-corrected chi connectivity index (χ1v) is 8.55. The second kappa shape index (κ2) is 7.35. The highest BCUT2D eigenvalue weighted by molar-refractivity contribution is 5.66. The summed E-state index contributed by atoms with van der Waals surface area (Å²) in [7, 11) is 0. The summed E-state index contributed by atoms with van der Waals surface area (Å²) in [5, 5.41) is 7.65. The lowest BCUT2D eigenvalue weighted by molar-refractivity contribution is -0.153. The molecule has 1 unspecified atom stereocenters. The first-order valence-electron chi connectivity index (χ1n) is 8.55. The number of rotatable bonds is 5. The molecule has 0 spiro atoms. The maximum atomic E-state index is 14.1. The maximum Gasteiger partial charge on any atom is 0.303 e. The predicted molar refractivity (Wildman–Crippen MR) is 90.1 cm³/mol. The lowest BCUT2D eigenvalue weighted by Gasteiger charge is -2.31. The zero-order valence-corrected chi connectivity index (χ0v) is 14.7. The van der Waals surface area contributed by atoms with Crippen molar-refractivity contribution in [1.82, 2.24) is 14.6 Å². The first kappa shape index (κ1) is 17.6. The molecule has 25 heavy (non-hydrogen) atoms. The van der Waals surface area contributed by atoms with Gasteiger partial charge in [0.25, 0.3) is 0 Å². The summed E-state index contributed by atoms with van der Waals surface area (Å²) in [6, 6.07) is 1.36. The topological polar surface area (TPSA) is 77.8 Å². The Hall–Kier alpha value is -2.22. The molecule has 0 aromatic carbocycles. The number of hydrogen-bond acceptors (Lipinski definition) is 6. The van der Waals surface area contributed by atoms with Crippen molar-refractivity contribution in [1.29, 1.82) is 0 Å². The Morgan fingerprint density at radius 3 is 3.12 bits per heavy atom. The summed E-state index contributed by atoms with van der Waals surface area (Å²) in [4.78, 5) is 15.5. The molecule has 2 aromatic rings. The van der Waals surface area contributed by atoms with Gasteiger partial charge < -0.3 is 14.8 Å². The summed E-state index contributed by atoms with van der Waals surface area (Å²) in [6.07, 6.45) is 2.61. The van der Waals surface area contributed by atoms with Crippen molar-refractivity contribution in [2.24, 2.45) is 0 Å². The highest BCUT2D eigenvalue weighted by atomic mass is 19.1. The number of halogens is 1. The molecule has 0 bridgehead atoms.